The van der Waals surface area contributed by atoms with Crippen molar-refractivity contribution in [1.82, 2.24) is 5.32 Å². The monoisotopic (exact) mass is 203 g/mol. The van der Waals surface area contributed by atoms with Crippen molar-refractivity contribution in [2.45, 2.75) is 38.3 Å². The van der Waals surface area contributed by atoms with Gasteiger partial charge in [-0.15, -0.1) is 0 Å². The van der Waals surface area contributed by atoms with E-state index in [1.165, 1.54) is 24.0 Å². The second-order valence-electron chi connectivity index (χ2n) is 4.96. The maximum atomic E-state index is 9.40. The second-order valence-corrected chi connectivity index (χ2v) is 4.96. The molecule has 1 aromatic rings. The largest absolute Gasteiger partial charge is 0.508 e. The van der Waals surface area contributed by atoms with Crippen LogP contribution in [-0.4, -0.2) is 11.1 Å². The zero-order valence-corrected chi connectivity index (χ0v) is 9.03. The van der Waals surface area contributed by atoms with Crippen LogP contribution in [0.15, 0.2) is 18.2 Å². The van der Waals surface area contributed by atoms with E-state index in [4.69, 9.17) is 0 Å². The van der Waals surface area contributed by atoms with Crippen molar-refractivity contribution < 1.29 is 5.11 Å². The van der Waals surface area contributed by atoms with Gasteiger partial charge in [0.25, 0.3) is 0 Å². The third-order valence-electron chi connectivity index (χ3n) is 3.73. The van der Waals surface area contributed by atoms with Gasteiger partial charge in [-0.3, -0.25) is 0 Å². The Hall–Kier alpha value is -1.02. The molecule has 80 valence electrons. The van der Waals surface area contributed by atoms with E-state index < -0.39 is 0 Å². The summed E-state index contributed by atoms with van der Waals surface area (Å²) in [5, 5.41) is 13.1. The van der Waals surface area contributed by atoms with E-state index in [9.17, 15) is 5.11 Å². The van der Waals surface area contributed by atoms with Gasteiger partial charge in [0.1, 0.15) is 5.75 Å². The van der Waals surface area contributed by atoms with Crippen LogP contribution in [0, 0.1) is 5.92 Å². The molecule has 0 aliphatic heterocycles. The van der Waals surface area contributed by atoms with E-state index in [1.54, 1.807) is 6.07 Å². The van der Waals surface area contributed by atoms with Crippen LogP contribution in [0.25, 0.3) is 0 Å². The summed E-state index contributed by atoms with van der Waals surface area (Å²) in [7, 11) is 0. The molecule has 2 aliphatic rings. The van der Waals surface area contributed by atoms with Crippen LogP contribution in [0.4, 0.5) is 0 Å². The Bertz CT molecular complexity index is 388. The fraction of sp³-hybridized carbons (Fsp3) is 0.538. The Morgan fingerprint density at radius 3 is 2.93 bits per heavy atom. The average molecular weight is 203 g/mol. The first-order valence-electron chi connectivity index (χ1n) is 5.82. The highest BCUT2D eigenvalue weighted by atomic mass is 16.3. The van der Waals surface area contributed by atoms with Crippen LogP contribution >= 0.6 is 0 Å². The highest BCUT2D eigenvalue weighted by Gasteiger charge is 2.35. The van der Waals surface area contributed by atoms with E-state index in [-0.39, 0.29) is 0 Å². The summed E-state index contributed by atoms with van der Waals surface area (Å²) in [6, 6.07) is 7.04. The molecule has 0 aromatic heterocycles. The molecule has 2 nitrogen and oxygen atoms in total. The van der Waals surface area contributed by atoms with Crippen molar-refractivity contribution in [3.8, 4) is 5.75 Å². The first-order valence-corrected chi connectivity index (χ1v) is 5.82. The molecule has 0 amide bonds. The van der Waals surface area contributed by atoms with Crippen molar-refractivity contribution in [3.63, 3.8) is 0 Å². The topological polar surface area (TPSA) is 32.3 Å². The van der Waals surface area contributed by atoms with Crippen LogP contribution in [0.5, 0.6) is 5.75 Å². The van der Waals surface area contributed by atoms with Crippen molar-refractivity contribution >= 4 is 0 Å². The van der Waals surface area contributed by atoms with Crippen LogP contribution in [-0.2, 0) is 6.42 Å². The van der Waals surface area contributed by atoms with Gasteiger partial charge in [-0.25, -0.2) is 0 Å². The zero-order valence-electron chi connectivity index (χ0n) is 9.03. The van der Waals surface area contributed by atoms with E-state index >= 15 is 0 Å². The Labute approximate surface area is 90.3 Å². The molecular weight excluding hydrogens is 186 g/mol. The van der Waals surface area contributed by atoms with Crippen molar-refractivity contribution in [2.24, 2.45) is 5.92 Å². The minimum absolute atomic E-state index is 0.397. The van der Waals surface area contributed by atoms with Crippen molar-refractivity contribution in [3.05, 3.63) is 29.3 Å². The second kappa shape index (κ2) is 3.24. The number of aromatic hydroxyl groups is 1. The number of benzene rings is 1. The number of hydrogen-bond acceptors (Lipinski definition) is 2. The van der Waals surface area contributed by atoms with Crippen LogP contribution in [0.1, 0.15) is 36.9 Å². The highest BCUT2D eigenvalue weighted by molar-refractivity contribution is 5.40. The van der Waals surface area contributed by atoms with Gasteiger partial charge in [0.2, 0.25) is 0 Å². The quantitative estimate of drug-likeness (QED) is 0.773. The minimum Gasteiger partial charge on any atom is -0.508 e. The summed E-state index contributed by atoms with van der Waals surface area (Å²) >= 11 is 0. The van der Waals surface area contributed by atoms with Gasteiger partial charge in [-0.2, -0.15) is 0 Å². The maximum Gasteiger partial charge on any atom is 0.115 e. The maximum absolute atomic E-state index is 9.40. The highest BCUT2D eigenvalue weighted by Crippen LogP contribution is 2.38. The predicted molar refractivity (Wildman–Crippen MR) is 59.9 cm³/mol. The van der Waals surface area contributed by atoms with Crippen LogP contribution in [0.2, 0.25) is 0 Å². The third kappa shape index (κ3) is 1.63. The number of fused-ring (bicyclic) bond motifs is 1. The summed E-state index contributed by atoms with van der Waals surface area (Å²) in [6.07, 6.45) is 3.61. The average Bonchev–Trinajstić information content (AvgIpc) is 2.74. The molecule has 0 radical (unpaired) electrons. The SMILES string of the molecule is CC1CC1NC1CCc2cc(O)ccc21. The Kier molecular flexibility index (Phi) is 1.99. The van der Waals surface area contributed by atoms with Gasteiger partial charge in [0, 0.05) is 12.1 Å². The Balaban J connectivity index is 1.79. The molecule has 2 aliphatic carbocycles. The van der Waals surface area contributed by atoms with E-state index in [2.05, 4.69) is 18.3 Å². The van der Waals surface area contributed by atoms with Crippen LogP contribution in [0.3, 0.4) is 0 Å². The first-order chi connectivity index (χ1) is 7.24. The van der Waals surface area contributed by atoms with Gasteiger partial charge < -0.3 is 10.4 Å². The fourth-order valence-electron chi connectivity index (χ4n) is 2.59. The molecule has 3 atom stereocenters. The number of phenols is 1. The van der Waals surface area contributed by atoms with Gasteiger partial charge in [0.05, 0.1) is 0 Å². The molecule has 2 heteroatoms. The molecule has 15 heavy (non-hydrogen) atoms. The molecule has 2 N–H and O–H groups in total. The number of hydrogen-bond donors (Lipinski definition) is 2. The van der Waals surface area contributed by atoms with Crippen LogP contribution < -0.4 is 5.32 Å². The minimum atomic E-state index is 0.397. The standard InChI is InChI=1S/C13H17NO/c1-8-6-13(8)14-12-5-2-9-7-10(15)3-4-11(9)12/h3-4,7-8,12-15H,2,5-6H2,1H3. The third-order valence-corrected chi connectivity index (χ3v) is 3.73. The van der Waals surface area contributed by atoms with E-state index in [1.807, 2.05) is 6.07 Å². The van der Waals surface area contributed by atoms with Gasteiger partial charge in [0.15, 0.2) is 0 Å². The number of rotatable bonds is 2. The lowest BCUT2D eigenvalue weighted by atomic mass is 10.1. The Morgan fingerprint density at radius 2 is 2.20 bits per heavy atom. The molecule has 3 rings (SSSR count). The van der Waals surface area contributed by atoms with Crippen molar-refractivity contribution in [1.29, 1.82) is 0 Å². The lowest BCUT2D eigenvalue weighted by Crippen LogP contribution is -2.22. The van der Waals surface area contributed by atoms with E-state index in [0.717, 1.165) is 18.4 Å². The smallest absolute Gasteiger partial charge is 0.115 e. The van der Waals surface area contributed by atoms with Gasteiger partial charge >= 0.3 is 0 Å². The van der Waals surface area contributed by atoms with E-state index in [0.29, 0.717) is 11.8 Å². The first kappa shape index (κ1) is 9.22. The number of phenolic OH excluding ortho intramolecular Hbond substituents is 1. The summed E-state index contributed by atoms with van der Waals surface area (Å²) in [5.74, 6) is 1.25. The normalized spacial score (nSPS) is 32.7. The van der Waals surface area contributed by atoms with Gasteiger partial charge in [-0.1, -0.05) is 13.0 Å². The molecule has 1 saturated carbocycles. The lowest BCUT2D eigenvalue weighted by Gasteiger charge is -2.13. The molecule has 0 saturated heterocycles. The fourth-order valence-corrected chi connectivity index (χ4v) is 2.59. The number of nitrogens with one attached hydrogen (secondary N) is 1. The molecular formula is C13H17NO. The number of aryl methyl sites for hydroxylation is 1. The summed E-state index contributed by atoms with van der Waals surface area (Å²) < 4.78 is 0. The van der Waals surface area contributed by atoms with Crippen molar-refractivity contribution in [2.75, 3.05) is 0 Å². The molecule has 0 heterocycles. The predicted octanol–water partition coefficient (Wildman–Crippen LogP) is 2.38. The summed E-state index contributed by atoms with van der Waals surface area (Å²) in [4.78, 5) is 0. The summed E-state index contributed by atoms with van der Waals surface area (Å²) in [6.45, 7) is 2.30. The molecule has 1 aromatic carbocycles. The Morgan fingerprint density at radius 1 is 1.40 bits per heavy atom. The summed E-state index contributed by atoms with van der Waals surface area (Å²) in [5.41, 5.74) is 2.72. The lowest BCUT2D eigenvalue weighted by molar-refractivity contribution is 0.474. The molecule has 1 fully saturated rings. The molecule has 3 unspecified atom stereocenters. The van der Waals surface area contributed by atoms with Gasteiger partial charge in [-0.05, 0) is 48.4 Å². The zero-order chi connectivity index (χ0) is 10.4. The molecule has 0 spiro atoms. The molecule has 0 bridgehead atoms.